The van der Waals surface area contributed by atoms with Crippen molar-refractivity contribution in [1.29, 1.82) is 0 Å². The zero-order chi connectivity index (χ0) is 13.2. The molecule has 0 aliphatic heterocycles. The Morgan fingerprint density at radius 2 is 2.06 bits per heavy atom. The van der Waals surface area contributed by atoms with Crippen molar-refractivity contribution in [2.75, 3.05) is 6.54 Å². The molecular weight excluding hydrogens is 290 g/mol. The van der Waals surface area contributed by atoms with Crippen LogP contribution < -0.4 is 10.5 Å². The van der Waals surface area contributed by atoms with E-state index in [1.54, 1.807) is 6.92 Å². The van der Waals surface area contributed by atoms with Crippen LogP contribution in [0.4, 0.5) is 4.39 Å². The van der Waals surface area contributed by atoms with E-state index in [1.807, 2.05) is 0 Å². The fourth-order valence-corrected chi connectivity index (χ4v) is 3.09. The molecule has 0 saturated carbocycles. The van der Waals surface area contributed by atoms with Crippen molar-refractivity contribution in [2.45, 2.75) is 17.9 Å². The summed E-state index contributed by atoms with van der Waals surface area (Å²) in [6.45, 7) is 1.70. The SMILES string of the molecule is C[C@H](CN)NS(=O)(=O)c1ccc(Cl)c(F)c1Cl. The number of benzene rings is 1. The highest BCUT2D eigenvalue weighted by atomic mass is 35.5. The van der Waals surface area contributed by atoms with Crippen molar-refractivity contribution in [3.8, 4) is 0 Å². The maximum atomic E-state index is 13.4. The smallest absolute Gasteiger partial charge is 0.242 e. The van der Waals surface area contributed by atoms with E-state index in [4.69, 9.17) is 28.9 Å². The first-order chi connectivity index (χ1) is 7.79. The molecule has 1 aromatic rings. The van der Waals surface area contributed by atoms with Gasteiger partial charge in [-0.3, -0.25) is 0 Å². The Kier molecular flexibility index (Phi) is 4.74. The van der Waals surface area contributed by atoms with Crippen LogP contribution in [0.5, 0.6) is 0 Å². The number of sulfonamides is 1. The zero-order valence-corrected chi connectivity index (χ0v) is 11.2. The Hall–Kier alpha value is -0.400. The Labute approximate surface area is 109 Å². The third-order valence-corrected chi connectivity index (χ3v) is 4.40. The zero-order valence-electron chi connectivity index (χ0n) is 8.88. The molecule has 3 N–H and O–H groups in total. The average molecular weight is 301 g/mol. The molecule has 0 radical (unpaired) electrons. The van der Waals surface area contributed by atoms with Crippen LogP contribution in [0.2, 0.25) is 10.0 Å². The van der Waals surface area contributed by atoms with Gasteiger partial charge in [-0.2, -0.15) is 0 Å². The summed E-state index contributed by atoms with van der Waals surface area (Å²) in [6.07, 6.45) is 0. The minimum atomic E-state index is -3.90. The molecule has 1 atom stereocenters. The highest BCUT2D eigenvalue weighted by molar-refractivity contribution is 7.89. The minimum Gasteiger partial charge on any atom is -0.329 e. The fraction of sp³-hybridized carbons (Fsp3) is 0.333. The first kappa shape index (κ1) is 14.7. The van der Waals surface area contributed by atoms with Crippen LogP contribution in [0.3, 0.4) is 0 Å². The van der Waals surface area contributed by atoms with Gasteiger partial charge < -0.3 is 5.73 Å². The fourth-order valence-electron chi connectivity index (χ4n) is 1.09. The van der Waals surface area contributed by atoms with Crippen molar-refractivity contribution in [3.05, 3.63) is 28.0 Å². The van der Waals surface area contributed by atoms with Crippen molar-refractivity contribution in [1.82, 2.24) is 4.72 Å². The molecule has 0 bridgehead atoms. The molecule has 1 rings (SSSR count). The molecule has 0 unspecified atom stereocenters. The molecule has 0 aliphatic carbocycles. The van der Waals surface area contributed by atoms with Gasteiger partial charge in [0, 0.05) is 12.6 Å². The highest BCUT2D eigenvalue weighted by Gasteiger charge is 2.23. The number of nitrogens with one attached hydrogen (secondary N) is 1. The molecule has 4 nitrogen and oxygen atoms in total. The van der Waals surface area contributed by atoms with Crippen LogP contribution in [-0.2, 0) is 10.0 Å². The van der Waals surface area contributed by atoms with E-state index in [0.717, 1.165) is 12.1 Å². The van der Waals surface area contributed by atoms with Crippen molar-refractivity contribution < 1.29 is 12.8 Å². The first-order valence-corrected chi connectivity index (χ1v) is 6.89. The standard InChI is InChI=1S/C9H11Cl2FN2O2S/c1-5(4-13)14-17(15,16)7-3-2-6(10)9(12)8(7)11/h2-3,5,14H,4,13H2,1H3/t5-/m1/s1. The van der Waals surface area contributed by atoms with Gasteiger partial charge in [0.2, 0.25) is 10.0 Å². The van der Waals surface area contributed by atoms with E-state index in [9.17, 15) is 12.8 Å². The number of hydrogen-bond donors (Lipinski definition) is 2. The lowest BCUT2D eigenvalue weighted by Crippen LogP contribution is -2.37. The molecule has 0 saturated heterocycles. The van der Waals surface area contributed by atoms with E-state index in [2.05, 4.69) is 4.72 Å². The Bertz CT molecular complexity index is 522. The highest BCUT2D eigenvalue weighted by Crippen LogP contribution is 2.29. The van der Waals surface area contributed by atoms with Gasteiger partial charge in [-0.05, 0) is 19.1 Å². The number of hydrogen-bond acceptors (Lipinski definition) is 3. The van der Waals surface area contributed by atoms with E-state index in [-0.39, 0.29) is 16.5 Å². The van der Waals surface area contributed by atoms with E-state index < -0.39 is 26.9 Å². The van der Waals surface area contributed by atoms with E-state index in [0.29, 0.717) is 0 Å². The summed E-state index contributed by atoms with van der Waals surface area (Å²) < 4.78 is 39.3. The second kappa shape index (κ2) is 5.49. The summed E-state index contributed by atoms with van der Waals surface area (Å²) in [6, 6.07) is 1.79. The van der Waals surface area contributed by atoms with Gasteiger partial charge in [-0.1, -0.05) is 23.2 Å². The lowest BCUT2D eigenvalue weighted by Gasteiger charge is -2.13. The molecular formula is C9H11Cl2FN2O2S. The van der Waals surface area contributed by atoms with Gasteiger partial charge in [-0.25, -0.2) is 17.5 Å². The third-order valence-electron chi connectivity index (χ3n) is 2.00. The molecule has 0 aromatic heterocycles. The molecule has 0 aliphatic rings. The Morgan fingerprint density at radius 3 is 2.59 bits per heavy atom. The van der Waals surface area contributed by atoms with Crippen LogP contribution >= 0.6 is 23.2 Å². The van der Waals surface area contributed by atoms with Gasteiger partial charge in [0.1, 0.15) is 4.90 Å². The summed E-state index contributed by atoms with van der Waals surface area (Å²) in [4.78, 5) is -0.360. The molecule has 8 heteroatoms. The number of halogens is 3. The van der Waals surface area contributed by atoms with Crippen LogP contribution in [0.1, 0.15) is 6.92 Å². The molecule has 0 spiro atoms. The monoisotopic (exact) mass is 300 g/mol. The normalized spacial score (nSPS) is 13.7. The average Bonchev–Trinajstić information content (AvgIpc) is 2.24. The van der Waals surface area contributed by atoms with Gasteiger partial charge in [0.15, 0.2) is 5.82 Å². The number of rotatable bonds is 4. The first-order valence-electron chi connectivity index (χ1n) is 4.65. The van der Waals surface area contributed by atoms with Crippen LogP contribution in [0, 0.1) is 5.82 Å². The van der Waals surface area contributed by atoms with Crippen LogP contribution in [0.25, 0.3) is 0 Å². The molecule has 0 heterocycles. The van der Waals surface area contributed by atoms with Crippen molar-refractivity contribution in [2.24, 2.45) is 5.73 Å². The second-order valence-corrected chi connectivity index (χ2v) is 5.90. The largest absolute Gasteiger partial charge is 0.329 e. The maximum Gasteiger partial charge on any atom is 0.242 e. The van der Waals surface area contributed by atoms with Gasteiger partial charge >= 0.3 is 0 Å². The molecule has 96 valence electrons. The van der Waals surface area contributed by atoms with Crippen molar-refractivity contribution in [3.63, 3.8) is 0 Å². The Balaban J connectivity index is 3.21. The summed E-state index contributed by atoms with van der Waals surface area (Å²) >= 11 is 11.1. The second-order valence-electron chi connectivity index (χ2n) is 3.43. The summed E-state index contributed by atoms with van der Waals surface area (Å²) in [5.74, 6) is -0.961. The van der Waals surface area contributed by atoms with Crippen LogP contribution in [-0.4, -0.2) is 21.0 Å². The van der Waals surface area contributed by atoms with Gasteiger partial charge in [0.05, 0.1) is 10.0 Å². The van der Waals surface area contributed by atoms with Gasteiger partial charge in [0.25, 0.3) is 0 Å². The minimum absolute atomic E-state index is 0.118. The van der Waals surface area contributed by atoms with Crippen LogP contribution in [0.15, 0.2) is 17.0 Å². The topological polar surface area (TPSA) is 72.2 Å². The lowest BCUT2D eigenvalue weighted by molar-refractivity contribution is 0.560. The lowest BCUT2D eigenvalue weighted by atomic mass is 10.3. The maximum absolute atomic E-state index is 13.4. The van der Waals surface area contributed by atoms with Crippen molar-refractivity contribution >= 4 is 33.2 Å². The molecule has 1 aromatic carbocycles. The van der Waals surface area contributed by atoms with E-state index >= 15 is 0 Å². The van der Waals surface area contributed by atoms with Gasteiger partial charge in [-0.15, -0.1) is 0 Å². The predicted octanol–water partition coefficient (Wildman–Crippen LogP) is 1.76. The molecule has 0 fully saturated rings. The molecule has 0 amide bonds. The Morgan fingerprint density at radius 1 is 1.47 bits per heavy atom. The predicted molar refractivity (Wildman–Crippen MR) is 65.3 cm³/mol. The quantitative estimate of drug-likeness (QED) is 0.832. The molecule has 17 heavy (non-hydrogen) atoms. The van der Waals surface area contributed by atoms with E-state index in [1.165, 1.54) is 0 Å². The third kappa shape index (κ3) is 3.29. The summed E-state index contributed by atoms with van der Waals surface area (Å²) in [5.41, 5.74) is 5.29. The number of nitrogens with two attached hydrogens (primary N) is 1. The summed E-state index contributed by atoms with van der Waals surface area (Å²) in [5, 5.41) is -0.768. The summed E-state index contributed by atoms with van der Waals surface area (Å²) in [7, 11) is -3.90.